The topological polar surface area (TPSA) is 20.2 Å². The summed E-state index contributed by atoms with van der Waals surface area (Å²) in [5, 5.41) is 11.8. The Hall–Kier alpha value is -0.780. The van der Waals surface area contributed by atoms with Gasteiger partial charge in [0.05, 0.1) is 6.10 Å². The summed E-state index contributed by atoms with van der Waals surface area (Å²) in [4.78, 5) is 1.07. The highest BCUT2D eigenvalue weighted by Gasteiger charge is 2.11. The van der Waals surface area contributed by atoms with Gasteiger partial charge in [-0.3, -0.25) is 0 Å². The largest absolute Gasteiger partial charge is 0.387 e. The molecule has 1 nitrogen and oxygen atoms in total. The normalized spacial score (nSPS) is 11.9. The molecule has 0 bridgehead atoms. The van der Waals surface area contributed by atoms with Gasteiger partial charge in [0.15, 0.2) is 0 Å². The van der Waals surface area contributed by atoms with Crippen molar-refractivity contribution in [2.24, 2.45) is 0 Å². The summed E-state index contributed by atoms with van der Waals surface area (Å²) in [5.74, 6) is 5.69. The molecule has 1 N–H and O–H groups in total. The minimum absolute atomic E-state index is 0.401. The van der Waals surface area contributed by atoms with Crippen molar-refractivity contribution in [2.45, 2.75) is 32.8 Å². The minimum Gasteiger partial charge on any atom is -0.387 e. The van der Waals surface area contributed by atoms with Crippen molar-refractivity contribution in [1.82, 2.24) is 0 Å². The van der Waals surface area contributed by atoms with E-state index in [-0.39, 0.29) is 0 Å². The van der Waals surface area contributed by atoms with E-state index in [4.69, 9.17) is 0 Å². The van der Waals surface area contributed by atoms with Crippen LogP contribution >= 0.6 is 11.3 Å². The first-order valence-corrected chi connectivity index (χ1v) is 5.31. The van der Waals surface area contributed by atoms with Crippen LogP contribution in [0.3, 0.4) is 0 Å². The van der Waals surface area contributed by atoms with Crippen molar-refractivity contribution in [3.63, 3.8) is 0 Å². The van der Waals surface area contributed by atoms with E-state index >= 15 is 0 Å². The van der Waals surface area contributed by atoms with E-state index in [9.17, 15) is 5.11 Å². The maximum Gasteiger partial charge on any atom is 0.0993 e. The molecule has 1 aromatic rings. The molecule has 1 unspecified atom stereocenters. The fourth-order valence-corrected chi connectivity index (χ4v) is 2.21. The highest BCUT2D eigenvalue weighted by Crippen LogP contribution is 2.26. The van der Waals surface area contributed by atoms with Crippen molar-refractivity contribution in [3.05, 3.63) is 21.9 Å². The lowest BCUT2D eigenvalue weighted by molar-refractivity contribution is 0.187. The van der Waals surface area contributed by atoms with Gasteiger partial charge in [0.2, 0.25) is 0 Å². The molecule has 1 atom stereocenters. The molecule has 0 spiro atoms. The van der Waals surface area contributed by atoms with E-state index in [1.807, 2.05) is 5.38 Å². The Morgan fingerprint density at radius 1 is 1.62 bits per heavy atom. The van der Waals surface area contributed by atoms with Gasteiger partial charge in [-0.15, -0.1) is 23.2 Å². The van der Waals surface area contributed by atoms with Gasteiger partial charge in [-0.25, -0.2) is 0 Å². The number of aryl methyl sites for hydroxylation is 1. The molecule has 0 aliphatic carbocycles. The molecular weight excluding hydrogens is 180 g/mol. The lowest BCUT2D eigenvalue weighted by atomic mass is 10.1. The van der Waals surface area contributed by atoms with Crippen LogP contribution in [0.2, 0.25) is 0 Å². The van der Waals surface area contributed by atoms with Crippen molar-refractivity contribution < 1.29 is 5.11 Å². The first-order chi connectivity index (χ1) is 6.29. The van der Waals surface area contributed by atoms with Gasteiger partial charge in [0, 0.05) is 11.3 Å². The first kappa shape index (κ1) is 10.3. The molecule has 0 radical (unpaired) electrons. The molecule has 0 aliphatic heterocycles. The van der Waals surface area contributed by atoms with Crippen LogP contribution in [0.4, 0.5) is 0 Å². The van der Waals surface area contributed by atoms with Crippen molar-refractivity contribution in [2.75, 3.05) is 0 Å². The summed E-state index contributed by atoms with van der Waals surface area (Å²) >= 11 is 1.61. The molecular formula is C11H14OS. The third kappa shape index (κ3) is 2.58. The summed E-state index contributed by atoms with van der Waals surface area (Å²) in [6, 6.07) is 2.07. The fraction of sp³-hybridized carbons (Fsp3) is 0.455. The third-order valence-corrected chi connectivity index (χ3v) is 3.00. The molecule has 13 heavy (non-hydrogen) atoms. The number of rotatable bonds is 3. The van der Waals surface area contributed by atoms with Crippen LogP contribution in [-0.4, -0.2) is 5.11 Å². The smallest absolute Gasteiger partial charge is 0.0993 e. The minimum atomic E-state index is -0.401. The molecule has 1 heterocycles. The maximum atomic E-state index is 9.76. The van der Waals surface area contributed by atoms with E-state index < -0.39 is 6.10 Å². The first-order valence-electron chi connectivity index (χ1n) is 4.43. The van der Waals surface area contributed by atoms with Gasteiger partial charge >= 0.3 is 0 Å². The number of thiophene rings is 1. The Morgan fingerprint density at radius 3 is 3.00 bits per heavy atom. The number of aliphatic hydroxyl groups excluding tert-OH is 1. The van der Waals surface area contributed by atoms with Crippen LogP contribution < -0.4 is 0 Å². The van der Waals surface area contributed by atoms with Gasteiger partial charge in [0.25, 0.3) is 0 Å². The van der Waals surface area contributed by atoms with E-state index in [1.165, 1.54) is 5.56 Å². The van der Waals surface area contributed by atoms with Crippen LogP contribution in [0.25, 0.3) is 0 Å². The molecule has 0 saturated carbocycles. The number of aliphatic hydroxyl groups is 1. The van der Waals surface area contributed by atoms with E-state index in [2.05, 4.69) is 24.8 Å². The predicted octanol–water partition coefficient (Wildman–Crippen LogP) is 2.76. The van der Waals surface area contributed by atoms with Gasteiger partial charge in [-0.1, -0.05) is 6.92 Å². The summed E-state index contributed by atoms with van der Waals surface area (Å²) in [6.45, 7) is 3.89. The number of hydrogen-bond donors (Lipinski definition) is 1. The second kappa shape index (κ2) is 5.06. The van der Waals surface area contributed by atoms with Gasteiger partial charge in [0.1, 0.15) is 0 Å². The van der Waals surface area contributed by atoms with E-state index in [0.717, 1.165) is 11.3 Å². The quantitative estimate of drug-likeness (QED) is 0.734. The van der Waals surface area contributed by atoms with Crippen LogP contribution in [0.5, 0.6) is 0 Å². The van der Waals surface area contributed by atoms with Gasteiger partial charge in [-0.05, 0) is 30.4 Å². The molecule has 0 saturated heterocycles. The highest BCUT2D eigenvalue weighted by molar-refractivity contribution is 7.10. The van der Waals surface area contributed by atoms with Gasteiger partial charge < -0.3 is 5.11 Å². The van der Waals surface area contributed by atoms with E-state index in [0.29, 0.717) is 6.42 Å². The summed E-state index contributed by atoms with van der Waals surface area (Å²) in [6.07, 6.45) is 1.13. The third-order valence-electron chi connectivity index (χ3n) is 1.94. The van der Waals surface area contributed by atoms with Crippen LogP contribution in [-0.2, 0) is 6.42 Å². The van der Waals surface area contributed by atoms with E-state index in [1.54, 1.807) is 18.3 Å². The molecule has 0 amide bonds. The SMILES string of the molecule is CC#CCC(O)c1sccc1CC. The molecule has 0 aliphatic rings. The predicted molar refractivity (Wildman–Crippen MR) is 56.7 cm³/mol. The molecule has 1 aromatic heterocycles. The number of hydrogen-bond acceptors (Lipinski definition) is 2. The Balaban J connectivity index is 2.73. The Bertz CT molecular complexity index is 316. The monoisotopic (exact) mass is 194 g/mol. The van der Waals surface area contributed by atoms with Crippen molar-refractivity contribution in [1.29, 1.82) is 0 Å². The van der Waals surface area contributed by atoms with Crippen LogP contribution in [0.1, 0.15) is 36.8 Å². The van der Waals surface area contributed by atoms with Gasteiger partial charge in [-0.2, -0.15) is 0 Å². The average molecular weight is 194 g/mol. The second-order valence-corrected chi connectivity index (χ2v) is 3.76. The van der Waals surface area contributed by atoms with Crippen LogP contribution in [0, 0.1) is 11.8 Å². The zero-order valence-electron chi connectivity index (χ0n) is 8.00. The molecule has 0 aromatic carbocycles. The Labute approximate surface area is 83.4 Å². The average Bonchev–Trinajstić information content (AvgIpc) is 2.61. The second-order valence-electron chi connectivity index (χ2n) is 2.81. The lowest BCUT2D eigenvalue weighted by Gasteiger charge is -2.06. The van der Waals surface area contributed by atoms with Crippen molar-refractivity contribution in [3.8, 4) is 11.8 Å². The molecule has 1 rings (SSSR count). The summed E-state index contributed by atoms with van der Waals surface area (Å²) in [7, 11) is 0. The summed E-state index contributed by atoms with van der Waals surface area (Å²) < 4.78 is 0. The fourth-order valence-electron chi connectivity index (χ4n) is 1.22. The summed E-state index contributed by atoms with van der Waals surface area (Å²) in [5.41, 5.74) is 1.25. The van der Waals surface area contributed by atoms with Crippen LogP contribution in [0.15, 0.2) is 11.4 Å². The molecule has 2 heteroatoms. The molecule has 0 fully saturated rings. The maximum absolute atomic E-state index is 9.76. The molecule has 70 valence electrons. The zero-order valence-corrected chi connectivity index (χ0v) is 8.82. The lowest BCUT2D eigenvalue weighted by Crippen LogP contribution is -1.96. The zero-order chi connectivity index (χ0) is 9.68. The Morgan fingerprint density at radius 2 is 2.38 bits per heavy atom. The van der Waals surface area contributed by atoms with Crippen molar-refractivity contribution >= 4 is 11.3 Å². The highest BCUT2D eigenvalue weighted by atomic mass is 32.1. The Kier molecular flexibility index (Phi) is 4.01. The standard InChI is InChI=1S/C11H14OS/c1-3-5-6-10(12)11-9(4-2)7-8-13-11/h7-8,10,12H,4,6H2,1-2H3.